The topological polar surface area (TPSA) is 116 Å². The van der Waals surface area contributed by atoms with Crippen LogP contribution >= 0.6 is 12.4 Å². The Kier molecular flexibility index (Phi) is 11.1. The summed E-state index contributed by atoms with van der Waals surface area (Å²) < 4.78 is 39.7. The fourth-order valence-corrected chi connectivity index (χ4v) is 5.46. The molecule has 240 valence electrons. The zero-order chi connectivity index (χ0) is 32.1. The Morgan fingerprint density at radius 1 is 0.978 bits per heavy atom. The number of hydrogen-bond acceptors (Lipinski definition) is 6. The summed E-state index contributed by atoms with van der Waals surface area (Å²) in [5.74, 6) is -3.08. The van der Waals surface area contributed by atoms with E-state index in [0.717, 1.165) is 53.1 Å². The minimum absolute atomic E-state index is 0. The number of halogens is 3. The number of carbonyl (C=O) groups excluding carboxylic acids is 2. The molecule has 0 aliphatic carbocycles. The van der Waals surface area contributed by atoms with Crippen LogP contribution in [0.4, 0.5) is 8.78 Å². The molecule has 1 aliphatic heterocycles. The van der Waals surface area contributed by atoms with Crippen LogP contribution in [0, 0.1) is 22.5 Å². The van der Waals surface area contributed by atoms with Gasteiger partial charge in [-0.3, -0.25) is 20.4 Å². The zero-order valence-corrected chi connectivity index (χ0v) is 26.3. The van der Waals surface area contributed by atoms with Crippen LogP contribution in [0.2, 0.25) is 0 Å². The van der Waals surface area contributed by atoms with E-state index in [1.54, 1.807) is 32.0 Å². The SMILES string of the molecule is CCOC(=O)[C@@H](Cc1ccc2ccc(C(=N)NC(=O)c3c(F)cccc3F)cc2c1)c1ccc(O[C@H]2CCN(C(C)=N)C2)cc1.Cl. The van der Waals surface area contributed by atoms with Gasteiger partial charge in [0.1, 0.15) is 34.9 Å². The van der Waals surface area contributed by atoms with Gasteiger partial charge in [-0.15, -0.1) is 12.4 Å². The predicted molar refractivity (Wildman–Crippen MR) is 175 cm³/mol. The van der Waals surface area contributed by atoms with Crippen molar-refractivity contribution in [2.45, 2.75) is 38.7 Å². The molecule has 0 spiro atoms. The fourth-order valence-electron chi connectivity index (χ4n) is 5.46. The number of amidine groups is 2. The van der Waals surface area contributed by atoms with E-state index < -0.39 is 29.0 Å². The Morgan fingerprint density at radius 3 is 2.33 bits per heavy atom. The van der Waals surface area contributed by atoms with Crippen LogP contribution in [0.3, 0.4) is 0 Å². The van der Waals surface area contributed by atoms with Crippen molar-refractivity contribution in [3.05, 3.63) is 113 Å². The first kappa shape index (κ1) is 34.1. The number of likely N-dealkylation sites (tertiary alicyclic amines) is 1. The summed E-state index contributed by atoms with van der Waals surface area (Å²) in [6.07, 6.45) is 1.19. The summed E-state index contributed by atoms with van der Waals surface area (Å²) in [4.78, 5) is 27.6. The smallest absolute Gasteiger partial charge is 0.313 e. The lowest BCUT2D eigenvalue weighted by atomic mass is 9.91. The fraction of sp³-hybridized carbons (Fsp3) is 0.257. The van der Waals surface area contributed by atoms with Crippen LogP contribution in [0.1, 0.15) is 53.2 Å². The Balaban J connectivity index is 0.00000480. The van der Waals surface area contributed by atoms with Gasteiger partial charge in [-0.25, -0.2) is 8.78 Å². The molecule has 0 aromatic heterocycles. The molecule has 4 aromatic rings. The van der Waals surface area contributed by atoms with E-state index in [1.807, 2.05) is 47.4 Å². The van der Waals surface area contributed by atoms with E-state index in [1.165, 1.54) is 0 Å². The second-order valence-electron chi connectivity index (χ2n) is 11.0. The van der Waals surface area contributed by atoms with Gasteiger partial charge in [0, 0.05) is 18.5 Å². The molecule has 0 saturated carbocycles. The second kappa shape index (κ2) is 15.0. The van der Waals surface area contributed by atoms with E-state index in [4.69, 9.17) is 20.3 Å². The molecule has 1 saturated heterocycles. The number of esters is 1. The third-order valence-corrected chi connectivity index (χ3v) is 7.84. The molecule has 3 N–H and O–H groups in total. The van der Waals surface area contributed by atoms with Crippen molar-refractivity contribution in [3.63, 3.8) is 0 Å². The van der Waals surface area contributed by atoms with Gasteiger partial charge in [0.05, 0.1) is 24.9 Å². The van der Waals surface area contributed by atoms with Crippen molar-refractivity contribution >= 4 is 46.7 Å². The zero-order valence-electron chi connectivity index (χ0n) is 25.4. The summed E-state index contributed by atoms with van der Waals surface area (Å²) in [6, 6.07) is 21.4. The summed E-state index contributed by atoms with van der Waals surface area (Å²) in [5.41, 5.74) is 1.24. The molecule has 1 heterocycles. The summed E-state index contributed by atoms with van der Waals surface area (Å²) in [7, 11) is 0. The van der Waals surface area contributed by atoms with Crippen molar-refractivity contribution in [2.24, 2.45) is 0 Å². The van der Waals surface area contributed by atoms with E-state index >= 15 is 0 Å². The maximum absolute atomic E-state index is 14.1. The Labute approximate surface area is 272 Å². The van der Waals surface area contributed by atoms with Crippen LogP contribution in [0.25, 0.3) is 10.8 Å². The van der Waals surface area contributed by atoms with Crippen LogP contribution in [0.15, 0.2) is 78.9 Å². The van der Waals surface area contributed by atoms with Gasteiger partial charge >= 0.3 is 5.97 Å². The largest absolute Gasteiger partial charge is 0.489 e. The third-order valence-electron chi connectivity index (χ3n) is 7.84. The number of nitrogens with one attached hydrogen (secondary N) is 3. The van der Waals surface area contributed by atoms with Gasteiger partial charge in [0.25, 0.3) is 5.91 Å². The average Bonchev–Trinajstić information content (AvgIpc) is 3.49. The van der Waals surface area contributed by atoms with Gasteiger partial charge in [-0.05, 0) is 72.5 Å². The first-order valence-corrected chi connectivity index (χ1v) is 14.7. The van der Waals surface area contributed by atoms with Crippen LogP contribution < -0.4 is 10.1 Å². The Morgan fingerprint density at radius 2 is 1.67 bits per heavy atom. The molecule has 4 aromatic carbocycles. The molecular weight excluding hydrogens is 614 g/mol. The van der Waals surface area contributed by atoms with E-state index in [2.05, 4.69) is 5.32 Å². The molecular formula is C35H35ClF2N4O4. The van der Waals surface area contributed by atoms with Gasteiger partial charge in [-0.1, -0.05) is 48.5 Å². The summed E-state index contributed by atoms with van der Waals surface area (Å²) >= 11 is 0. The quantitative estimate of drug-likeness (QED) is 0.107. The maximum atomic E-state index is 14.1. The van der Waals surface area contributed by atoms with E-state index in [-0.39, 0.29) is 36.9 Å². The van der Waals surface area contributed by atoms with Crippen molar-refractivity contribution in [3.8, 4) is 5.75 Å². The standard InChI is InChI=1S/C35H34F2N4O4.ClH/c1-3-44-35(43)29(24-11-13-27(14-12-24)45-28-15-16-41(20-28)21(2)38)18-22-7-8-23-9-10-25(19-26(23)17-22)33(39)40-34(42)32-30(36)5-4-6-31(32)37;/h4-14,17,19,28-29,38H,3,15-16,18,20H2,1-2H3,(H2,39,40,42);1H/t28-,29-;/m0./s1. The molecule has 0 radical (unpaired) electrons. The Hall–Kier alpha value is -4.83. The van der Waals surface area contributed by atoms with Crippen molar-refractivity contribution < 1.29 is 27.8 Å². The molecule has 11 heteroatoms. The second-order valence-corrected chi connectivity index (χ2v) is 11.0. The lowest BCUT2D eigenvalue weighted by Crippen LogP contribution is -2.31. The lowest BCUT2D eigenvalue weighted by Gasteiger charge is -2.19. The molecule has 46 heavy (non-hydrogen) atoms. The van der Waals surface area contributed by atoms with Gasteiger partial charge in [0.15, 0.2) is 0 Å². The number of nitrogens with zero attached hydrogens (tertiary/aromatic N) is 1. The minimum Gasteiger partial charge on any atom is -0.489 e. The number of fused-ring (bicyclic) bond motifs is 1. The van der Waals surface area contributed by atoms with Crippen molar-refractivity contribution in [1.82, 2.24) is 10.2 Å². The summed E-state index contributed by atoms with van der Waals surface area (Å²) in [5, 5.41) is 20.1. The first-order chi connectivity index (χ1) is 21.6. The molecule has 0 bridgehead atoms. The first-order valence-electron chi connectivity index (χ1n) is 14.7. The summed E-state index contributed by atoms with van der Waals surface area (Å²) in [6.45, 7) is 5.23. The van der Waals surface area contributed by atoms with Crippen molar-refractivity contribution in [1.29, 1.82) is 10.8 Å². The number of ether oxygens (including phenoxy) is 2. The van der Waals surface area contributed by atoms with Crippen LogP contribution in [-0.4, -0.2) is 54.2 Å². The maximum Gasteiger partial charge on any atom is 0.313 e. The number of amides is 1. The van der Waals surface area contributed by atoms with Crippen molar-refractivity contribution in [2.75, 3.05) is 19.7 Å². The Bertz CT molecular complexity index is 1750. The van der Waals surface area contributed by atoms with E-state index in [0.29, 0.717) is 30.1 Å². The molecule has 5 rings (SSSR count). The third kappa shape index (κ3) is 7.87. The highest BCUT2D eigenvalue weighted by atomic mass is 35.5. The molecule has 1 fully saturated rings. The van der Waals surface area contributed by atoms with Gasteiger partial charge in [0.2, 0.25) is 0 Å². The van der Waals surface area contributed by atoms with Crippen LogP contribution in [0.5, 0.6) is 5.75 Å². The van der Waals surface area contributed by atoms with Gasteiger partial charge < -0.3 is 19.7 Å². The monoisotopic (exact) mass is 648 g/mol. The number of carbonyl (C=O) groups is 2. The van der Waals surface area contributed by atoms with E-state index in [9.17, 15) is 18.4 Å². The minimum atomic E-state index is -1.05. The molecule has 8 nitrogen and oxygen atoms in total. The highest BCUT2D eigenvalue weighted by molar-refractivity contribution is 6.12. The number of hydrogen-bond donors (Lipinski definition) is 3. The lowest BCUT2D eigenvalue weighted by molar-refractivity contribution is -0.144. The van der Waals surface area contributed by atoms with Gasteiger partial charge in [-0.2, -0.15) is 0 Å². The molecule has 0 unspecified atom stereocenters. The normalized spacial score (nSPS) is 14.7. The molecule has 1 aliphatic rings. The predicted octanol–water partition coefficient (Wildman–Crippen LogP) is 6.63. The number of rotatable bonds is 9. The number of benzene rings is 4. The average molecular weight is 649 g/mol. The molecule has 2 atom stereocenters. The highest BCUT2D eigenvalue weighted by Gasteiger charge is 2.26. The highest BCUT2D eigenvalue weighted by Crippen LogP contribution is 2.28. The van der Waals surface area contributed by atoms with Crippen LogP contribution in [-0.2, 0) is 16.0 Å². The molecule has 1 amide bonds.